The lowest BCUT2D eigenvalue weighted by molar-refractivity contribution is 0.470. The maximum Gasteiger partial charge on any atom is 0.285 e. The first-order chi connectivity index (χ1) is 18.6. The van der Waals surface area contributed by atoms with E-state index >= 15 is 4.57 Å². The van der Waals surface area contributed by atoms with Gasteiger partial charge in [0.05, 0.1) is 22.4 Å². The van der Waals surface area contributed by atoms with E-state index in [4.69, 9.17) is 9.05 Å². The minimum atomic E-state index is -3.63. The van der Waals surface area contributed by atoms with E-state index in [1.165, 1.54) is 0 Å². The molecule has 0 radical (unpaired) electrons. The molecular weight excluding hydrogens is 510 g/mol. The standard InChI is InChI=1S/C32H24O4P2/c33-37(30-20-10-6-16-26(30)24-14-4-8-18-28(24)35-37)22-32(23-12-2-1-3-13-23)38(34)31-21-11-7-17-27(31)25-15-5-9-19-29(25)36-38/h1-21,32H,22H2. The van der Waals surface area contributed by atoms with Gasteiger partial charge in [0.25, 0.3) is 14.7 Å². The quantitative estimate of drug-likeness (QED) is 0.219. The highest BCUT2D eigenvalue weighted by atomic mass is 31.2. The lowest BCUT2D eigenvalue weighted by Gasteiger charge is -2.37. The minimum absolute atomic E-state index is 0.0378. The monoisotopic (exact) mass is 534 g/mol. The molecule has 38 heavy (non-hydrogen) atoms. The number of fused-ring (bicyclic) bond motifs is 6. The van der Waals surface area contributed by atoms with E-state index in [0.717, 1.165) is 27.8 Å². The molecule has 0 bridgehead atoms. The van der Waals surface area contributed by atoms with Crippen LogP contribution in [0.2, 0.25) is 0 Å². The van der Waals surface area contributed by atoms with Gasteiger partial charge < -0.3 is 9.05 Å². The molecule has 6 heteroatoms. The molecular formula is C32H24O4P2. The summed E-state index contributed by atoms with van der Waals surface area (Å²) >= 11 is 0. The van der Waals surface area contributed by atoms with Gasteiger partial charge in [0.15, 0.2) is 0 Å². The van der Waals surface area contributed by atoms with Gasteiger partial charge >= 0.3 is 0 Å². The molecule has 0 fully saturated rings. The molecule has 0 aromatic heterocycles. The van der Waals surface area contributed by atoms with E-state index in [9.17, 15) is 4.57 Å². The molecule has 7 rings (SSSR count). The van der Waals surface area contributed by atoms with Crippen LogP contribution in [0.3, 0.4) is 0 Å². The fourth-order valence-electron chi connectivity index (χ4n) is 5.59. The van der Waals surface area contributed by atoms with Crippen LogP contribution in [0.4, 0.5) is 0 Å². The van der Waals surface area contributed by atoms with Gasteiger partial charge in [0.1, 0.15) is 11.5 Å². The van der Waals surface area contributed by atoms with Crippen molar-refractivity contribution >= 4 is 25.3 Å². The number of hydrogen-bond acceptors (Lipinski definition) is 4. The third kappa shape index (κ3) is 3.60. The predicted molar refractivity (Wildman–Crippen MR) is 154 cm³/mol. The average Bonchev–Trinajstić information content (AvgIpc) is 2.97. The molecule has 5 aromatic rings. The lowest BCUT2D eigenvalue weighted by atomic mass is 10.0. The van der Waals surface area contributed by atoms with Crippen LogP contribution in [0, 0.1) is 0 Å². The van der Waals surface area contributed by atoms with Gasteiger partial charge in [0.2, 0.25) is 0 Å². The molecule has 3 unspecified atom stereocenters. The lowest BCUT2D eigenvalue weighted by Crippen LogP contribution is -2.27. The van der Waals surface area contributed by atoms with E-state index in [1.54, 1.807) is 0 Å². The second kappa shape index (κ2) is 8.88. The molecule has 0 aliphatic carbocycles. The molecule has 186 valence electrons. The van der Waals surface area contributed by atoms with Crippen molar-refractivity contribution in [3.8, 4) is 33.8 Å². The van der Waals surface area contributed by atoms with Crippen LogP contribution in [0.5, 0.6) is 11.5 Å². The smallest absolute Gasteiger partial charge is 0.285 e. The van der Waals surface area contributed by atoms with Crippen LogP contribution < -0.4 is 19.7 Å². The average molecular weight is 534 g/mol. The van der Waals surface area contributed by atoms with Crippen molar-refractivity contribution in [2.75, 3.05) is 6.16 Å². The van der Waals surface area contributed by atoms with Crippen molar-refractivity contribution in [3.63, 3.8) is 0 Å². The van der Waals surface area contributed by atoms with Crippen LogP contribution in [-0.4, -0.2) is 6.16 Å². The summed E-state index contributed by atoms with van der Waals surface area (Å²) in [5.41, 5.74) is 3.69. The predicted octanol–water partition coefficient (Wildman–Crippen LogP) is 8.05. The Morgan fingerprint density at radius 1 is 0.500 bits per heavy atom. The van der Waals surface area contributed by atoms with Crippen LogP contribution in [0.15, 0.2) is 127 Å². The summed E-state index contributed by atoms with van der Waals surface area (Å²) in [6.07, 6.45) is 0.0378. The highest BCUT2D eigenvalue weighted by molar-refractivity contribution is 7.72. The Hall–Kier alpha value is -3.84. The van der Waals surface area contributed by atoms with E-state index in [0.29, 0.717) is 22.1 Å². The first-order valence-corrected chi connectivity index (χ1v) is 16.1. The molecule has 0 N–H and O–H groups in total. The fourth-order valence-corrected chi connectivity index (χ4v) is 11.9. The third-order valence-corrected chi connectivity index (χ3v) is 12.9. The maximum atomic E-state index is 15.3. The van der Waals surface area contributed by atoms with Gasteiger partial charge in [-0.15, -0.1) is 0 Å². The summed E-state index contributed by atoms with van der Waals surface area (Å²) < 4.78 is 43.1. The molecule has 2 aliphatic rings. The van der Waals surface area contributed by atoms with Gasteiger partial charge in [-0.05, 0) is 41.0 Å². The Morgan fingerprint density at radius 3 is 1.63 bits per heavy atom. The summed E-state index contributed by atoms with van der Waals surface area (Å²) in [4.78, 5) is 0. The zero-order valence-electron chi connectivity index (χ0n) is 20.4. The molecule has 0 amide bonds. The highest BCUT2D eigenvalue weighted by Crippen LogP contribution is 2.68. The SMILES string of the molecule is O=P1(CC(c2ccccc2)P2(=O)Oc3ccccc3-c3ccccc32)Oc2ccccc2-c2ccccc21. The Kier molecular flexibility index (Phi) is 5.44. The van der Waals surface area contributed by atoms with Gasteiger partial charge in [-0.2, -0.15) is 0 Å². The third-order valence-electron chi connectivity index (χ3n) is 7.35. The van der Waals surface area contributed by atoms with E-state index in [-0.39, 0.29) is 6.16 Å². The highest BCUT2D eigenvalue weighted by Gasteiger charge is 2.49. The van der Waals surface area contributed by atoms with Crippen LogP contribution in [-0.2, 0) is 9.13 Å². The van der Waals surface area contributed by atoms with Crippen molar-refractivity contribution in [2.45, 2.75) is 5.66 Å². The van der Waals surface area contributed by atoms with Crippen LogP contribution >= 0.6 is 14.7 Å². The molecule has 0 saturated heterocycles. The minimum Gasteiger partial charge on any atom is -0.439 e. The Labute approximate surface area is 221 Å². The molecule has 4 nitrogen and oxygen atoms in total. The van der Waals surface area contributed by atoms with Crippen LogP contribution in [0.25, 0.3) is 22.3 Å². The number of para-hydroxylation sites is 2. The first kappa shape index (κ1) is 23.3. The molecule has 2 aliphatic heterocycles. The maximum absolute atomic E-state index is 15.3. The second-order valence-corrected chi connectivity index (χ2v) is 14.4. The largest absolute Gasteiger partial charge is 0.439 e. The summed E-state index contributed by atoms with van der Waals surface area (Å²) in [7, 11) is -7.14. The van der Waals surface area contributed by atoms with Gasteiger partial charge in [0, 0.05) is 11.1 Å². The molecule has 2 heterocycles. The number of rotatable bonds is 4. The summed E-state index contributed by atoms with van der Waals surface area (Å²) in [6, 6.07) is 40.3. The van der Waals surface area contributed by atoms with Crippen molar-refractivity contribution in [2.24, 2.45) is 0 Å². The van der Waals surface area contributed by atoms with Gasteiger partial charge in [-0.1, -0.05) is 103 Å². The van der Waals surface area contributed by atoms with E-state index in [1.807, 2.05) is 127 Å². The van der Waals surface area contributed by atoms with Crippen molar-refractivity contribution < 1.29 is 18.2 Å². The molecule has 5 aromatic carbocycles. The van der Waals surface area contributed by atoms with Crippen molar-refractivity contribution in [1.29, 1.82) is 0 Å². The first-order valence-electron chi connectivity index (χ1n) is 12.6. The van der Waals surface area contributed by atoms with Crippen molar-refractivity contribution in [3.05, 3.63) is 133 Å². The van der Waals surface area contributed by atoms with E-state index < -0.39 is 20.4 Å². The summed E-state index contributed by atoms with van der Waals surface area (Å²) in [5, 5.41) is 1.29. The van der Waals surface area contributed by atoms with Gasteiger partial charge in [-0.25, -0.2) is 0 Å². The second-order valence-electron chi connectivity index (χ2n) is 9.59. The molecule has 0 spiro atoms. The topological polar surface area (TPSA) is 52.6 Å². The van der Waals surface area contributed by atoms with E-state index in [2.05, 4.69) is 0 Å². The number of benzene rings is 5. The number of hydrogen-bond donors (Lipinski definition) is 0. The van der Waals surface area contributed by atoms with Crippen LogP contribution in [0.1, 0.15) is 11.2 Å². The van der Waals surface area contributed by atoms with Crippen molar-refractivity contribution in [1.82, 2.24) is 0 Å². The summed E-state index contributed by atoms with van der Waals surface area (Å²) in [5.74, 6) is 1.15. The zero-order chi connectivity index (χ0) is 25.7. The van der Waals surface area contributed by atoms with Gasteiger partial charge in [-0.3, -0.25) is 9.13 Å². The molecule has 0 saturated carbocycles. The Morgan fingerprint density at radius 2 is 0.974 bits per heavy atom. The Bertz CT molecular complexity index is 1780. The Balaban J connectivity index is 1.42. The normalized spacial score (nSPS) is 21.5. The fraction of sp³-hybridized carbons (Fsp3) is 0.0625. The zero-order valence-corrected chi connectivity index (χ0v) is 22.2. The molecule has 3 atom stereocenters. The summed E-state index contributed by atoms with van der Waals surface area (Å²) in [6.45, 7) is 0.